The first-order valence-corrected chi connectivity index (χ1v) is 6.65. The number of rotatable bonds is 2. The largest absolute Gasteiger partial charge is 0.423 e. The van der Waals surface area contributed by atoms with Crippen LogP contribution in [-0.4, -0.2) is 16.6 Å². The molecule has 5 nitrogen and oxygen atoms in total. The molecule has 20 heavy (non-hydrogen) atoms. The van der Waals surface area contributed by atoms with E-state index in [-0.39, 0.29) is 5.91 Å². The summed E-state index contributed by atoms with van der Waals surface area (Å²) in [5, 5.41) is 13.6. The first-order valence-electron chi connectivity index (χ1n) is 6.65. The van der Waals surface area contributed by atoms with Crippen LogP contribution in [0.15, 0.2) is 39.5 Å². The lowest BCUT2D eigenvalue weighted by Gasteiger charge is -2.20. The van der Waals surface area contributed by atoms with Crippen molar-refractivity contribution in [3.8, 4) is 0 Å². The van der Waals surface area contributed by atoms with Gasteiger partial charge in [-0.2, -0.15) is 0 Å². The van der Waals surface area contributed by atoms with Gasteiger partial charge in [0.15, 0.2) is 0 Å². The van der Waals surface area contributed by atoms with Crippen LogP contribution in [0.25, 0.3) is 11.0 Å². The molecule has 0 saturated heterocycles. The molecule has 1 amide bonds. The number of fused-ring (bicyclic) bond motifs is 1. The molecule has 0 bridgehead atoms. The summed E-state index contributed by atoms with van der Waals surface area (Å²) < 4.78 is 5.02. The summed E-state index contributed by atoms with van der Waals surface area (Å²) in [6.45, 7) is 0. The molecular formula is C15H15NO4. The molecule has 1 heterocycles. The van der Waals surface area contributed by atoms with E-state index in [0.717, 1.165) is 18.2 Å². The number of anilines is 1. The highest BCUT2D eigenvalue weighted by atomic mass is 16.4. The second-order valence-corrected chi connectivity index (χ2v) is 5.20. The van der Waals surface area contributed by atoms with E-state index in [2.05, 4.69) is 5.32 Å². The Bertz CT molecular complexity index is 713. The first-order chi connectivity index (χ1) is 9.57. The van der Waals surface area contributed by atoms with E-state index in [0.29, 0.717) is 24.1 Å². The molecule has 1 aliphatic carbocycles. The Balaban J connectivity index is 1.86. The predicted molar refractivity (Wildman–Crippen MR) is 74.5 cm³/mol. The molecule has 2 aromatic rings. The molecule has 1 aromatic heterocycles. The minimum atomic E-state index is -1.25. The number of aliphatic hydroxyl groups is 1. The summed E-state index contributed by atoms with van der Waals surface area (Å²) in [7, 11) is 0. The fourth-order valence-electron chi connectivity index (χ4n) is 2.58. The molecule has 1 aliphatic rings. The van der Waals surface area contributed by atoms with Gasteiger partial charge in [0.25, 0.3) is 5.91 Å². The van der Waals surface area contributed by atoms with Crippen LogP contribution in [-0.2, 0) is 4.79 Å². The third kappa shape index (κ3) is 2.32. The van der Waals surface area contributed by atoms with E-state index in [1.165, 1.54) is 6.07 Å². The monoisotopic (exact) mass is 273 g/mol. The van der Waals surface area contributed by atoms with E-state index >= 15 is 0 Å². The average molecular weight is 273 g/mol. The Hall–Kier alpha value is -2.14. The molecular weight excluding hydrogens is 258 g/mol. The van der Waals surface area contributed by atoms with Crippen molar-refractivity contribution < 1.29 is 14.3 Å². The highest BCUT2D eigenvalue weighted by molar-refractivity contribution is 5.98. The molecule has 1 saturated carbocycles. The zero-order valence-electron chi connectivity index (χ0n) is 10.9. The van der Waals surface area contributed by atoms with Crippen molar-refractivity contribution in [2.75, 3.05) is 5.32 Å². The summed E-state index contributed by atoms with van der Waals surface area (Å²) in [5.74, 6) is -0.369. The molecule has 1 aromatic carbocycles. The van der Waals surface area contributed by atoms with Crippen LogP contribution in [0.5, 0.6) is 0 Å². The molecule has 104 valence electrons. The Morgan fingerprint density at radius 1 is 1.20 bits per heavy atom. The maximum Gasteiger partial charge on any atom is 0.336 e. The molecule has 0 spiro atoms. The van der Waals surface area contributed by atoms with Crippen molar-refractivity contribution in [3.05, 3.63) is 40.8 Å². The van der Waals surface area contributed by atoms with E-state index in [4.69, 9.17) is 4.42 Å². The number of hydrogen-bond donors (Lipinski definition) is 2. The average Bonchev–Trinajstić information content (AvgIpc) is 2.87. The maximum absolute atomic E-state index is 12.1. The molecule has 0 aliphatic heterocycles. The first kappa shape index (κ1) is 12.9. The Morgan fingerprint density at radius 3 is 2.70 bits per heavy atom. The van der Waals surface area contributed by atoms with Crippen LogP contribution in [0.1, 0.15) is 25.7 Å². The maximum atomic E-state index is 12.1. The van der Waals surface area contributed by atoms with Crippen molar-refractivity contribution in [2.45, 2.75) is 31.3 Å². The lowest BCUT2D eigenvalue weighted by Crippen LogP contribution is -2.40. The van der Waals surface area contributed by atoms with Gasteiger partial charge in [-0.05, 0) is 49.9 Å². The van der Waals surface area contributed by atoms with Gasteiger partial charge in [0, 0.05) is 17.1 Å². The zero-order valence-corrected chi connectivity index (χ0v) is 10.9. The molecule has 0 unspecified atom stereocenters. The van der Waals surface area contributed by atoms with E-state index < -0.39 is 11.2 Å². The van der Waals surface area contributed by atoms with Crippen LogP contribution in [0.2, 0.25) is 0 Å². The molecule has 1 fully saturated rings. The van der Waals surface area contributed by atoms with Crippen molar-refractivity contribution >= 4 is 22.6 Å². The highest BCUT2D eigenvalue weighted by Crippen LogP contribution is 2.30. The molecule has 0 atom stereocenters. The van der Waals surface area contributed by atoms with Crippen molar-refractivity contribution in [1.29, 1.82) is 0 Å². The SMILES string of the molecule is O=C(Nc1ccc2oc(=O)ccc2c1)C1(O)CCCC1. The number of carbonyl (C=O) groups is 1. The second-order valence-electron chi connectivity index (χ2n) is 5.20. The zero-order chi connectivity index (χ0) is 14.2. The Morgan fingerprint density at radius 2 is 1.95 bits per heavy atom. The number of hydrogen-bond acceptors (Lipinski definition) is 4. The normalized spacial score (nSPS) is 17.2. The van der Waals surface area contributed by atoms with Crippen LogP contribution < -0.4 is 10.9 Å². The van der Waals surface area contributed by atoms with E-state index in [1.807, 2.05) is 0 Å². The van der Waals surface area contributed by atoms with Crippen molar-refractivity contribution in [3.63, 3.8) is 0 Å². The van der Waals surface area contributed by atoms with Gasteiger partial charge in [-0.25, -0.2) is 4.79 Å². The Kier molecular flexibility index (Phi) is 3.06. The summed E-state index contributed by atoms with van der Waals surface area (Å²) >= 11 is 0. The quantitative estimate of drug-likeness (QED) is 0.821. The molecule has 0 radical (unpaired) electrons. The number of amides is 1. The summed E-state index contributed by atoms with van der Waals surface area (Å²) in [5.41, 5.74) is -0.612. The molecule has 2 N–H and O–H groups in total. The summed E-state index contributed by atoms with van der Waals surface area (Å²) in [6, 6.07) is 7.97. The standard InChI is InChI=1S/C15H15NO4/c17-13-6-3-10-9-11(4-5-12(10)20-13)16-14(18)15(19)7-1-2-8-15/h3-6,9,19H,1-2,7-8H2,(H,16,18). The van der Waals surface area contributed by atoms with Crippen LogP contribution >= 0.6 is 0 Å². The fourth-order valence-corrected chi connectivity index (χ4v) is 2.58. The van der Waals surface area contributed by atoms with E-state index in [9.17, 15) is 14.7 Å². The van der Waals surface area contributed by atoms with Crippen molar-refractivity contribution in [1.82, 2.24) is 0 Å². The summed E-state index contributed by atoms with van der Waals surface area (Å²) in [4.78, 5) is 23.2. The number of benzene rings is 1. The lowest BCUT2D eigenvalue weighted by atomic mass is 10.0. The predicted octanol–water partition coefficient (Wildman–Crippen LogP) is 2.04. The number of carbonyl (C=O) groups excluding carboxylic acids is 1. The number of nitrogens with one attached hydrogen (secondary N) is 1. The van der Waals surface area contributed by atoms with Gasteiger partial charge in [0.1, 0.15) is 11.2 Å². The van der Waals surface area contributed by atoms with Gasteiger partial charge in [-0.1, -0.05) is 0 Å². The minimum Gasteiger partial charge on any atom is -0.423 e. The topological polar surface area (TPSA) is 79.5 Å². The fraction of sp³-hybridized carbons (Fsp3) is 0.333. The van der Waals surface area contributed by atoms with Gasteiger partial charge in [-0.3, -0.25) is 4.79 Å². The van der Waals surface area contributed by atoms with Crippen LogP contribution in [0.3, 0.4) is 0 Å². The minimum absolute atomic E-state index is 0.369. The van der Waals surface area contributed by atoms with Gasteiger partial charge in [0.2, 0.25) is 0 Å². The van der Waals surface area contributed by atoms with E-state index in [1.54, 1.807) is 24.3 Å². The van der Waals surface area contributed by atoms with Crippen LogP contribution in [0.4, 0.5) is 5.69 Å². The second kappa shape index (κ2) is 4.76. The Labute approximate surface area is 115 Å². The molecule has 3 rings (SSSR count). The van der Waals surface area contributed by atoms with Crippen molar-refractivity contribution in [2.24, 2.45) is 0 Å². The van der Waals surface area contributed by atoms with Gasteiger partial charge in [-0.15, -0.1) is 0 Å². The van der Waals surface area contributed by atoms with Gasteiger partial charge >= 0.3 is 5.63 Å². The summed E-state index contributed by atoms with van der Waals surface area (Å²) in [6.07, 6.45) is 2.74. The highest BCUT2D eigenvalue weighted by Gasteiger charge is 2.38. The third-order valence-electron chi connectivity index (χ3n) is 3.73. The lowest BCUT2D eigenvalue weighted by molar-refractivity contribution is -0.133. The third-order valence-corrected chi connectivity index (χ3v) is 3.73. The molecule has 5 heteroatoms. The van der Waals surface area contributed by atoms with Gasteiger partial charge < -0.3 is 14.8 Å². The van der Waals surface area contributed by atoms with Crippen LogP contribution in [0, 0.1) is 0 Å². The van der Waals surface area contributed by atoms with Gasteiger partial charge in [0.05, 0.1) is 0 Å². The smallest absolute Gasteiger partial charge is 0.336 e.